The summed E-state index contributed by atoms with van der Waals surface area (Å²) >= 11 is 0. The molecule has 0 fully saturated rings. The quantitative estimate of drug-likeness (QED) is 0.309. The van der Waals surface area contributed by atoms with Gasteiger partial charge in [-0.25, -0.2) is 9.97 Å². The molecule has 0 saturated heterocycles. The van der Waals surface area contributed by atoms with E-state index < -0.39 is 42.7 Å². The van der Waals surface area contributed by atoms with Crippen LogP contribution in [0.5, 0.6) is 0 Å². The molecule has 0 aliphatic heterocycles. The second-order valence-electron chi connectivity index (χ2n) is 4.90. The molecule has 158 valence electrons. The highest BCUT2D eigenvalue weighted by molar-refractivity contribution is 7.91. The Kier molecular flexibility index (Phi) is 9.44. The minimum atomic E-state index is -5.51. The number of carboxylic acids is 2. The van der Waals surface area contributed by atoms with Gasteiger partial charge in [-0.2, -0.15) is 16.8 Å². The van der Waals surface area contributed by atoms with Gasteiger partial charge in [-0.1, -0.05) is 0 Å². The fraction of sp³-hybridized carbons (Fsp3) is 0.333. The standard InChI is InChI=1S/2C4H6N2.C4H6O10S2/c2*1-4-5-2-3-6-4;5-3(6)1(15(9,10)11)2(4(7)8)16(12,13)14/h2*2-3H,1H3,(H,5,6);1-2H,(H,5,6)(H,7,8)(H,9,10,11)(H,12,13,14). The number of carboxylic acid groups (broad SMARTS) is 2. The first-order chi connectivity index (χ1) is 12.7. The van der Waals surface area contributed by atoms with Crippen LogP contribution in [0.2, 0.25) is 0 Å². The topological polar surface area (TPSA) is 241 Å². The fourth-order valence-corrected chi connectivity index (χ4v) is 3.72. The summed E-state index contributed by atoms with van der Waals surface area (Å²) in [7, 11) is -11.0. The Balaban J connectivity index is 0.000000485. The Morgan fingerprint density at radius 3 is 1.18 bits per heavy atom. The Bertz CT molecular complexity index is 872. The molecule has 0 aliphatic carbocycles. The summed E-state index contributed by atoms with van der Waals surface area (Å²) in [5.74, 6) is -2.91. The predicted octanol–water partition coefficient (Wildman–Crippen LogP) is -0.895. The highest BCUT2D eigenvalue weighted by atomic mass is 32.2. The van der Waals surface area contributed by atoms with Gasteiger partial charge in [0.05, 0.1) is 0 Å². The van der Waals surface area contributed by atoms with Gasteiger partial charge in [-0.05, 0) is 13.8 Å². The van der Waals surface area contributed by atoms with E-state index in [1.54, 1.807) is 24.8 Å². The summed E-state index contributed by atoms with van der Waals surface area (Å²) < 4.78 is 58.8. The lowest BCUT2D eigenvalue weighted by molar-refractivity contribution is -0.143. The molecule has 16 heteroatoms. The Hall–Kier alpha value is -2.82. The number of aromatic amines is 2. The number of H-pyrrole nitrogens is 2. The van der Waals surface area contributed by atoms with E-state index in [1.165, 1.54) is 0 Å². The SMILES string of the molecule is Cc1ncc[nH]1.Cc1ncc[nH]1.O=C(O)C(C(C(=O)O)S(=O)(=O)O)S(=O)(=O)O. The van der Waals surface area contributed by atoms with Gasteiger partial charge in [0.1, 0.15) is 11.6 Å². The van der Waals surface area contributed by atoms with Crippen molar-refractivity contribution in [2.45, 2.75) is 24.3 Å². The summed E-state index contributed by atoms with van der Waals surface area (Å²) in [6.07, 6.45) is 7.06. The van der Waals surface area contributed by atoms with Crippen LogP contribution >= 0.6 is 0 Å². The van der Waals surface area contributed by atoms with Gasteiger partial charge in [0.15, 0.2) is 0 Å². The molecule has 6 N–H and O–H groups in total. The van der Waals surface area contributed by atoms with Crippen LogP contribution in [0.4, 0.5) is 0 Å². The van der Waals surface area contributed by atoms with Crippen molar-refractivity contribution in [3.8, 4) is 0 Å². The minimum Gasteiger partial charge on any atom is -0.480 e. The molecule has 0 bridgehead atoms. The molecule has 0 amide bonds. The molecule has 0 saturated carbocycles. The maximum absolute atomic E-state index is 10.5. The third-order valence-corrected chi connectivity index (χ3v) is 5.08. The highest BCUT2D eigenvalue weighted by Gasteiger charge is 2.50. The average Bonchev–Trinajstić information content (AvgIpc) is 3.16. The maximum Gasteiger partial charge on any atom is 0.326 e. The zero-order chi connectivity index (χ0) is 22.1. The van der Waals surface area contributed by atoms with Crippen LogP contribution in [0.1, 0.15) is 11.6 Å². The van der Waals surface area contributed by atoms with E-state index in [1.807, 2.05) is 13.8 Å². The molecule has 0 aliphatic rings. The third-order valence-electron chi connectivity index (χ3n) is 2.67. The van der Waals surface area contributed by atoms with Gasteiger partial charge in [-0.15, -0.1) is 0 Å². The molecule has 2 rings (SSSR count). The number of hydrogen-bond donors (Lipinski definition) is 6. The van der Waals surface area contributed by atoms with Crippen molar-refractivity contribution in [2.75, 3.05) is 0 Å². The zero-order valence-electron chi connectivity index (χ0n) is 14.4. The number of aliphatic carboxylic acids is 2. The predicted molar refractivity (Wildman–Crippen MR) is 92.6 cm³/mol. The Labute approximate surface area is 159 Å². The molecule has 2 atom stereocenters. The van der Waals surface area contributed by atoms with Gasteiger partial charge in [0.25, 0.3) is 20.2 Å². The van der Waals surface area contributed by atoms with E-state index in [0.29, 0.717) is 0 Å². The lowest BCUT2D eigenvalue weighted by Crippen LogP contribution is -2.49. The summed E-state index contributed by atoms with van der Waals surface area (Å²) in [5.41, 5.74) is 0. The summed E-state index contributed by atoms with van der Waals surface area (Å²) in [6.45, 7) is 3.83. The molecule has 28 heavy (non-hydrogen) atoms. The summed E-state index contributed by atoms with van der Waals surface area (Å²) in [6, 6.07) is 0. The van der Waals surface area contributed by atoms with Gasteiger partial charge in [0, 0.05) is 24.8 Å². The van der Waals surface area contributed by atoms with Crippen LogP contribution in [0.25, 0.3) is 0 Å². The maximum atomic E-state index is 10.5. The van der Waals surface area contributed by atoms with Crippen molar-refractivity contribution in [1.29, 1.82) is 0 Å². The number of aryl methyl sites for hydroxylation is 2. The second kappa shape index (κ2) is 10.5. The normalized spacial score (nSPS) is 13.1. The molecule has 0 spiro atoms. The van der Waals surface area contributed by atoms with Crippen LogP contribution < -0.4 is 0 Å². The van der Waals surface area contributed by atoms with E-state index in [9.17, 15) is 26.4 Å². The van der Waals surface area contributed by atoms with Gasteiger partial charge in [0.2, 0.25) is 10.5 Å². The molecule has 0 radical (unpaired) electrons. The number of hydrogen-bond acceptors (Lipinski definition) is 8. The smallest absolute Gasteiger partial charge is 0.326 e. The average molecular weight is 442 g/mol. The van der Waals surface area contributed by atoms with Gasteiger partial charge >= 0.3 is 11.9 Å². The number of nitrogens with zero attached hydrogens (tertiary/aromatic N) is 2. The number of rotatable bonds is 5. The van der Waals surface area contributed by atoms with Gasteiger partial charge < -0.3 is 20.2 Å². The minimum absolute atomic E-state index is 0.968. The fourth-order valence-electron chi connectivity index (χ4n) is 1.51. The van der Waals surface area contributed by atoms with Crippen molar-refractivity contribution in [2.24, 2.45) is 0 Å². The summed E-state index contributed by atoms with van der Waals surface area (Å²) in [5, 5.41) is 10.2. The molecule has 2 heterocycles. The molecular weight excluding hydrogens is 424 g/mol. The first-order valence-electron chi connectivity index (χ1n) is 6.98. The second-order valence-corrected chi connectivity index (χ2v) is 7.97. The largest absolute Gasteiger partial charge is 0.480 e. The molecule has 0 aromatic carbocycles. The van der Waals surface area contributed by atoms with Crippen molar-refractivity contribution in [3.05, 3.63) is 36.4 Å². The summed E-state index contributed by atoms with van der Waals surface area (Å²) in [4.78, 5) is 34.2. The van der Waals surface area contributed by atoms with Crippen molar-refractivity contribution >= 4 is 32.2 Å². The number of nitrogens with one attached hydrogen (secondary N) is 2. The van der Waals surface area contributed by atoms with E-state index >= 15 is 0 Å². The van der Waals surface area contributed by atoms with Crippen molar-refractivity contribution in [1.82, 2.24) is 19.9 Å². The van der Waals surface area contributed by atoms with Crippen LogP contribution in [0.3, 0.4) is 0 Å². The van der Waals surface area contributed by atoms with E-state index in [-0.39, 0.29) is 0 Å². The van der Waals surface area contributed by atoms with E-state index in [4.69, 9.17) is 19.3 Å². The molecular formula is C12H18N4O10S2. The first-order valence-corrected chi connectivity index (χ1v) is 9.98. The molecule has 2 aromatic rings. The number of imidazole rings is 2. The van der Waals surface area contributed by atoms with Gasteiger partial charge in [-0.3, -0.25) is 18.7 Å². The first kappa shape index (κ1) is 25.2. The van der Waals surface area contributed by atoms with E-state index in [2.05, 4.69) is 19.9 Å². The molecule has 2 unspecified atom stereocenters. The Morgan fingerprint density at radius 1 is 0.821 bits per heavy atom. The molecule has 2 aromatic heterocycles. The van der Waals surface area contributed by atoms with Crippen molar-refractivity contribution < 1.29 is 45.7 Å². The van der Waals surface area contributed by atoms with Crippen molar-refractivity contribution in [3.63, 3.8) is 0 Å². The lowest BCUT2D eigenvalue weighted by Gasteiger charge is -2.14. The molecule has 14 nitrogen and oxygen atoms in total. The van der Waals surface area contributed by atoms with Crippen LogP contribution in [-0.4, -0.2) is 78.5 Å². The Morgan fingerprint density at radius 2 is 1.11 bits per heavy atom. The number of carbonyl (C=O) groups is 2. The van der Waals surface area contributed by atoms with Crippen LogP contribution in [0.15, 0.2) is 24.8 Å². The third kappa shape index (κ3) is 9.21. The van der Waals surface area contributed by atoms with Crippen LogP contribution in [-0.2, 0) is 29.8 Å². The highest BCUT2D eigenvalue weighted by Crippen LogP contribution is 2.13. The lowest BCUT2D eigenvalue weighted by atomic mass is 10.3. The van der Waals surface area contributed by atoms with Crippen LogP contribution in [0, 0.1) is 13.8 Å². The zero-order valence-corrected chi connectivity index (χ0v) is 16.0. The van der Waals surface area contributed by atoms with E-state index in [0.717, 1.165) is 11.6 Å². The number of aromatic nitrogens is 4. The monoisotopic (exact) mass is 442 g/mol.